The minimum absolute atomic E-state index is 0.0745. The summed E-state index contributed by atoms with van der Waals surface area (Å²) >= 11 is 5.84. The van der Waals surface area contributed by atoms with Crippen LogP contribution >= 0.6 is 11.6 Å². The summed E-state index contributed by atoms with van der Waals surface area (Å²) in [5.41, 5.74) is 0.142. The van der Waals surface area contributed by atoms with Gasteiger partial charge in [-0.05, 0) is 61.2 Å². The van der Waals surface area contributed by atoms with Crippen molar-refractivity contribution in [2.75, 3.05) is 7.11 Å². The van der Waals surface area contributed by atoms with Crippen molar-refractivity contribution in [1.29, 1.82) is 0 Å². The molecule has 0 radical (unpaired) electrons. The Labute approximate surface area is 166 Å². The molecule has 5 nitrogen and oxygen atoms in total. The van der Waals surface area contributed by atoms with E-state index in [-0.39, 0.29) is 16.9 Å². The summed E-state index contributed by atoms with van der Waals surface area (Å²) in [4.78, 5) is 12.2. The first-order chi connectivity index (χ1) is 13.2. The van der Waals surface area contributed by atoms with Gasteiger partial charge in [0.1, 0.15) is 17.7 Å². The molecular weight excluding hydrogens is 412 g/mol. The Morgan fingerprint density at radius 3 is 2.29 bits per heavy atom. The lowest BCUT2D eigenvalue weighted by atomic mass is 9.93. The van der Waals surface area contributed by atoms with Crippen molar-refractivity contribution >= 4 is 27.6 Å². The van der Waals surface area contributed by atoms with Crippen LogP contribution in [0.3, 0.4) is 0 Å². The monoisotopic (exact) mass is 429 g/mol. The van der Waals surface area contributed by atoms with Crippen molar-refractivity contribution in [3.05, 3.63) is 64.7 Å². The van der Waals surface area contributed by atoms with Gasteiger partial charge in [-0.2, -0.15) is 4.31 Å². The van der Waals surface area contributed by atoms with Gasteiger partial charge in [-0.25, -0.2) is 17.2 Å². The normalized spacial score (nSPS) is 20.7. The van der Waals surface area contributed by atoms with Crippen LogP contribution in [-0.4, -0.2) is 31.8 Å². The quantitative estimate of drug-likeness (QED) is 0.687. The molecule has 150 valence electrons. The maximum atomic E-state index is 13.8. The smallest absolute Gasteiger partial charge is 0.324 e. The van der Waals surface area contributed by atoms with Gasteiger partial charge in [0.2, 0.25) is 10.0 Å². The molecule has 1 fully saturated rings. The first kappa shape index (κ1) is 20.7. The number of rotatable bonds is 4. The maximum absolute atomic E-state index is 13.8. The van der Waals surface area contributed by atoms with E-state index >= 15 is 0 Å². The van der Waals surface area contributed by atoms with Crippen LogP contribution in [0.4, 0.5) is 8.78 Å². The van der Waals surface area contributed by atoms with E-state index in [1.54, 1.807) is 0 Å². The van der Waals surface area contributed by atoms with E-state index in [2.05, 4.69) is 0 Å². The summed E-state index contributed by atoms with van der Waals surface area (Å²) in [6.45, 7) is 0. The fraction of sp³-hybridized carbons (Fsp3) is 0.316. The molecule has 0 spiro atoms. The Morgan fingerprint density at radius 2 is 1.71 bits per heavy atom. The number of halogens is 3. The summed E-state index contributed by atoms with van der Waals surface area (Å²) in [5, 5.41) is 0.353. The third kappa shape index (κ3) is 4.04. The number of carbonyl (C=O) groups excluding carboxylic acids is 1. The molecule has 1 heterocycles. The number of esters is 1. The molecular formula is C19H18ClF2NO4S. The molecule has 2 aromatic carbocycles. The summed E-state index contributed by atoms with van der Waals surface area (Å²) in [6.07, 6.45) is 1.05. The van der Waals surface area contributed by atoms with Crippen LogP contribution in [0.2, 0.25) is 5.02 Å². The van der Waals surface area contributed by atoms with Gasteiger partial charge in [0.25, 0.3) is 0 Å². The Kier molecular flexibility index (Phi) is 6.02. The van der Waals surface area contributed by atoms with E-state index in [1.165, 1.54) is 31.4 Å². The number of piperidine rings is 1. The molecule has 9 heteroatoms. The highest BCUT2D eigenvalue weighted by atomic mass is 35.5. The number of ether oxygens (including phenoxy) is 1. The minimum Gasteiger partial charge on any atom is -0.468 e. The molecule has 3 rings (SSSR count). The second kappa shape index (κ2) is 8.14. The summed E-state index contributed by atoms with van der Waals surface area (Å²) < 4.78 is 60.1. The van der Waals surface area contributed by atoms with Crippen molar-refractivity contribution in [3.63, 3.8) is 0 Å². The molecule has 0 saturated carbocycles. The molecule has 0 amide bonds. The molecule has 2 atom stereocenters. The number of nitrogens with zero attached hydrogens (tertiary/aromatic N) is 1. The van der Waals surface area contributed by atoms with Crippen molar-refractivity contribution in [2.45, 2.75) is 36.2 Å². The lowest BCUT2D eigenvalue weighted by Gasteiger charge is -2.39. The van der Waals surface area contributed by atoms with Crippen LogP contribution in [0, 0.1) is 11.6 Å². The number of sulfonamides is 1. The summed E-state index contributed by atoms with van der Waals surface area (Å²) in [7, 11) is -3.01. The van der Waals surface area contributed by atoms with E-state index < -0.39 is 39.7 Å². The third-order valence-corrected chi connectivity index (χ3v) is 6.89. The van der Waals surface area contributed by atoms with Crippen LogP contribution < -0.4 is 0 Å². The third-order valence-electron chi connectivity index (χ3n) is 4.70. The number of benzene rings is 2. The van der Waals surface area contributed by atoms with E-state index in [4.69, 9.17) is 16.3 Å². The topological polar surface area (TPSA) is 63.7 Å². The fourth-order valence-electron chi connectivity index (χ4n) is 3.48. The highest BCUT2D eigenvalue weighted by Crippen LogP contribution is 2.39. The van der Waals surface area contributed by atoms with Crippen LogP contribution in [0.15, 0.2) is 47.4 Å². The van der Waals surface area contributed by atoms with Gasteiger partial charge in [0.05, 0.1) is 18.0 Å². The molecule has 0 N–H and O–H groups in total. The van der Waals surface area contributed by atoms with Gasteiger partial charge in [-0.3, -0.25) is 4.79 Å². The zero-order valence-electron chi connectivity index (χ0n) is 14.9. The second-order valence-electron chi connectivity index (χ2n) is 6.48. The molecule has 0 aromatic heterocycles. The molecule has 0 aliphatic carbocycles. The lowest BCUT2D eigenvalue weighted by Crippen LogP contribution is -2.49. The van der Waals surface area contributed by atoms with Crippen LogP contribution in [0.25, 0.3) is 0 Å². The number of hydrogen-bond donors (Lipinski definition) is 0. The number of carbonyl (C=O) groups is 1. The largest absolute Gasteiger partial charge is 0.468 e. The number of methoxy groups -OCH3 is 1. The first-order valence-corrected chi connectivity index (χ1v) is 10.4. The predicted molar refractivity (Wildman–Crippen MR) is 99.2 cm³/mol. The molecule has 1 aliphatic rings. The molecule has 1 aliphatic heterocycles. The standard InChI is InChI=1S/C19H18ClF2NO4S/c1-27-19(24)18-4-2-3-17(12-9-14(21)11-15(22)10-12)23(18)28(25,26)16-7-5-13(20)6-8-16/h5-11,17-18H,2-4H2,1H3/t17-,18+/m1/s1. The van der Waals surface area contributed by atoms with Crippen LogP contribution in [0.1, 0.15) is 30.9 Å². The van der Waals surface area contributed by atoms with Crippen molar-refractivity contribution in [2.24, 2.45) is 0 Å². The highest BCUT2D eigenvalue weighted by Gasteiger charge is 2.44. The molecule has 2 aromatic rings. The lowest BCUT2D eigenvalue weighted by molar-refractivity contribution is -0.147. The minimum atomic E-state index is -4.18. The molecule has 0 bridgehead atoms. The zero-order valence-corrected chi connectivity index (χ0v) is 16.5. The molecule has 0 unspecified atom stereocenters. The Balaban J connectivity index is 2.14. The van der Waals surface area contributed by atoms with E-state index in [0.717, 1.165) is 16.4 Å². The Morgan fingerprint density at radius 1 is 1.11 bits per heavy atom. The van der Waals surface area contributed by atoms with Gasteiger partial charge in [-0.1, -0.05) is 11.6 Å². The van der Waals surface area contributed by atoms with E-state index in [9.17, 15) is 22.0 Å². The van der Waals surface area contributed by atoms with Crippen LogP contribution in [-0.2, 0) is 19.6 Å². The molecule has 1 saturated heterocycles. The predicted octanol–water partition coefficient (Wildman–Crippen LogP) is 4.08. The van der Waals surface area contributed by atoms with E-state index in [1.807, 2.05) is 0 Å². The maximum Gasteiger partial charge on any atom is 0.324 e. The Hall–Kier alpha value is -2.03. The van der Waals surface area contributed by atoms with Crippen molar-refractivity contribution in [1.82, 2.24) is 4.31 Å². The SMILES string of the molecule is COC(=O)[C@@H]1CCC[C@H](c2cc(F)cc(F)c2)N1S(=O)(=O)c1ccc(Cl)cc1. The van der Waals surface area contributed by atoms with Crippen molar-refractivity contribution in [3.8, 4) is 0 Å². The number of hydrogen-bond acceptors (Lipinski definition) is 4. The zero-order chi connectivity index (χ0) is 20.5. The highest BCUT2D eigenvalue weighted by molar-refractivity contribution is 7.89. The van der Waals surface area contributed by atoms with Gasteiger partial charge < -0.3 is 4.74 Å². The van der Waals surface area contributed by atoms with Gasteiger partial charge in [-0.15, -0.1) is 0 Å². The fourth-order valence-corrected chi connectivity index (χ4v) is 5.42. The Bertz CT molecular complexity index is 962. The van der Waals surface area contributed by atoms with Gasteiger partial charge in [0, 0.05) is 11.1 Å². The second-order valence-corrected chi connectivity index (χ2v) is 8.76. The first-order valence-electron chi connectivity index (χ1n) is 8.57. The molecule has 28 heavy (non-hydrogen) atoms. The van der Waals surface area contributed by atoms with Gasteiger partial charge >= 0.3 is 5.97 Å². The van der Waals surface area contributed by atoms with Crippen molar-refractivity contribution < 1.29 is 26.7 Å². The summed E-state index contributed by atoms with van der Waals surface area (Å²) in [5.74, 6) is -2.36. The average molecular weight is 430 g/mol. The van der Waals surface area contributed by atoms with E-state index in [0.29, 0.717) is 23.9 Å². The average Bonchev–Trinajstić information content (AvgIpc) is 2.66. The van der Waals surface area contributed by atoms with Gasteiger partial charge in [0.15, 0.2) is 0 Å². The van der Waals surface area contributed by atoms with Crippen LogP contribution in [0.5, 0.6) is 0 Å². The summed E-state index contributed by atoms with van der Waals surface area (Å²) in [6, 6.07) is 6.34.